The normalized spacial score (nSPS) is 24.6. The fraction of sp³-hybridized carbons (Fsp3) is 0.636. The molecule has 2 heterocycles. The molecule has 1 aromatic heterocycles. The Hall–Kier alpha value is -0.0800. The van der Waals surface area contributed by atoms with Crippen molar-refractivity contribution in [2.75, 3.05) is 12.3 Å². The van der Waals surface area contributed by atoms with Crippen molar-refractivity contribution >= 4 is 33.1 Å². The minimum absolute atomic E-state index is 0.0168. The van der Waals surface area contributed by atoms with Crippen LogP contribution < -0.4 is 4.72 Å². The van der Waals surface area contributed by atoms with Crippen LogP contribution in [0.25, 0.3) is 0 Å². The molecule has 1 aromatic rings. The Bertz CT molecular complexity index is 503. The van der Waals surface area contributed by atoms with Crippen LogP contribution >= 0.6 is 23.1 Å². The maximum atomic E-state index is 12.1. The SMILES string of the molecule is CC1(CNS(=O)(=O)c2csc(CO)c2)CCCS1. The van der Waals surface area contributed by atoms with E-state index in [9.17, 15) is 8.42 Å². The first-order valence-corrected chi connectivity index (χ1v) is 9.12. The van der Waals surface area contributed by atoms with Crippen LogP contribution in [0.4, 0.5) is 0 Å². The second-order valence-corrected chi connectivity index (χ2v) is 9.08. The summed E-state index contributed by atoms with van der Waals surface area (Å²) < 4.78 is 26.8. The van der Waals surface area contributed by atoms with Crippen molar-refractivity contribution in [3.63, 3.8) is 0 Å². The maximum absolute atomic E-state index is 12.1. The van der Waals surface area contributed by atoms with Crippen LogP contribution in [-0.2, 0) is 16.6 Å². The average Bonchev–Trinajstić information content (AvgIpc) is 2.96. The fourth-order valence-corrected chi connectivity index (χ4v) is 5.53. The molecule has 7 heteroatoms. The number of nitrogens with one attached hydrogen (secondary N) is 1. The third-order valence-corrected chi connectivity index (χ3v) is 7.02. The van der Waals surface area contributed by atoms with Crippen molar-refractivity contribution in [3.05, 3.63) is 16.3 Å². The number of aliphatic hydroxyl groups is 1. The summed E-state index contributed by atoms with van der Waals surface area (Å²) in [4.78, 5) is 0.917. The van der Waals surface area contributed by atoms with Crippen molar-refractivity contribution in [3.8, 4) is 0 Å². The molecule has 0 aromatic carbocycles. The lowest BCUT2D eigenvalue weighted by Gasteiger charge is -2.22. The van der Waals surface area contributed by atoms with E-state index < -0.39 is 10.0 Å². The summed E-state index contributed by atoms with van der Waals surface area (Å²) in [6.45, 7) is 2.44. The molecule has 1 saturated heterocycles. The van der Waals surface area contributed by atoms with Crippen LogP contribution in [0, 0.1) is 0 Å². The van der Waals surface area contributed by atoms with E-state index in [1.54, 1.807) is 5.38 Å². The number of hydrogen-bond donors (Lipinski definition) is 2. The van der Waals surface area contributed by atoms with Crippen LogP contribution in [-0.4, -0.2) is 30.6 Å². The van der Waals surface area contributed by atoms with Crippen LogP contribution in [0.5, 0.6) is 0 Å². The molecule has 4 nitrogen and oxygen atoms in total. The van der Waals surface area contributed by atoms with Crippen molar-refractivity contribution in [2.24, 2.45) is 0 Å². The highest BCUT2D eigenvalue weighted by molar-refractivity contribution is 8.01. The Balaban J connectivity index is 2.03. The van der Waals surface area contributed by atoms with Gasteiger partial charge in [-0.05, 0) is 31.6 Å². The van der Waals surface area contributed by atoms with E-state index in [-0.39, 0.29) is 16.2 Å². The Morgan fingerprint density at radius 3 is 2.89 bits per heavy atom. The third-order valence-electron chi connectivity index (χ3n) is 3.03. The van der Waals surface area contributed by atoms with Gasteiger partial charge >= 0.3 is 0 Å². The van der Waals surface area contributed by atoms with Crippen molar-refractivity contribution in [1.82, 2.24) is 4.72 Å². The van der Waals surface area contributed by atoms with E-state index in [1.807, 2.05) is 11.8 Å². The first kappa shape index (κ1) is 14.3. The summed E-state index contributed by atoms with van der Waals surface area (Å²) in [5.74, 6) is 1.10. The molecular weight excluding hydrogens is 290 g/mol. The van der Waals surface area contributed by atoms with Crippen LogP contribution in [0.3, 0.4) is 0 Å². The van der Waals surface area contributed by atoms with Crippen LogP contribution in [0.15, 0.2) is 16.3 Å². The summed E-state index contributed by atoms with van der Waals surface area (Å²) >= 11 is 3.09. The van der Waals surface area contributed by atoms with Gasteiger partial charge < -0.3 is 5.11 Å². The summed E-state index contributed by atoms with van der Waals surface area (Å²) in [5.41, 5.74) is 0. The second-order valence-electron chi connectivity index (χ2n) is 4.63. The zero-order valence-corrected chi connectivity index (χ0v) is 12.6. The van der Waals surface area contributed by atoms with Gasteiger partial charge in [-0.25, -0.2) is 13.1 Å². The number of thiophene rings is 1. The zero-order valence-electron chi connectivity index (χ0n) is 10.2. The molecule has 102 valence electrons. The van der Waals surface area contributed by atoms with Gasteiger partial charge in [0.15, 0.2) is 0 Å². The van der Waals surface area contributed by atoms with Gasteiger partial charge in [-0.1, -0.05) is 0 Å². The minimum atomic E-state index is -3.44. The van der Waals surface area contributed by atoms with E-state index >= 15 is 0 Å². The van der Waals surface area contributed by atoms with E-state index in [0.29, 0.717) is 11.4 Å². The molecule has 0 amide bonds. The number of thioether (sulfide) groups is 1. The van der Waals surface area contributed by atoms with Crippen LogP contribution in [0.1, 0.15) is 24.6 Å². The Morgan fingerprint density at radius 2 is 2.33 bits per heavy atom. The molecular formula is C11H17NO3S3. The van der Waals surface area contributed by atoms with Crippen LogP contribution in [0.2, 0.25) is 0 Å². The number of rotatable bonds is 5. The first-order chi connectivity index (χ1) is 8.45. The molecule has 18 heavy (non-hydrogen) atoms. The highest BCUT2D eigenvalue weighted by Crippen LogP contribution is 2.37. The van der Waals surface area contributed by atoms with E-state index in [0.717, 1.165) is 18.6 Å². The van der Waals surface area contributed by atoms with Gasteiger partial charge in [-0.15, -0.1) is 11.3 Å². The molecule has 0 bridgehead atoms. The van der Waals surface area contributed by atoms with Crippen molar-refractivity contribution in [2.45, 2.75) is 36.0 Å². The number of hydrogen-bond acceptors (Lipinski definition) is 5. The van der Waals surface area contributed by atoms with Gasteiger partial charge in [0.05, 0.1) is 11.5 Å². The predicted octanol–water partition coefficient (Wildman–Crippen LogP) is 1.80. The molecule has 1 aliphatic heterocycles. The highest BCUT2D eigenvalue weighted by Gasteiger charge is 2.31. The smallest absolute Gasteiger partial charge is 0.241 e. The third kappa shape index (κ3) is 3.27. The lowest BCUT2D eigenvalue weighted by molar-refractivity contribution is 0.285. The molecule has 2 N–H and O–H groups in total. The first-order valence-electron chi connectivity index (χ1n) is 5.77. The van der Waals surface area contributed by atoms with Gasteiger partial charge in [0.1, 0.15) is 0 Å². The fourth-order valence-electron chi connectivity index (χ4n) is 1.89. The van der Waals surface area contributed by atoms with Gasteiger partial charge in [0.25, 0.3) is 0 Å². The Labute approximate surface area is 116 Å². The molecule has 0 saturated carbocycles. The Kier molecular flexibility index (Phi) is 4.38. The van der Waals surface area contributed by atoms with Gasteiger partial charge in [-0.3, -0.25) is 0 Å². The number of aliphatic hydroxyl groups excluding tert-OH is 1. The van der Waals surface area contributed by atoms with Gasteiger partial charge in [-0.2, -0.15) is 11.8 Å². The lowest BCUT2D eigenvalue weighted by atomic mass is 10.1. The molecule has 0 radical (unpaired) electrons. The molecule has 2 rings (SSSR count). The summed E-state index contributed by atoms with van der Waals surface area (Å²) in [6.07, 6.45) is 2.20. The lowest BCUT2D eigenvalue weighted by Crippen LogP contribution is -2.36. The summed E-state index contributed by atoms with van der Waals surface area (Å²) in [7, 11) is -3.44. The second kappa shape index (κ2) is 5.50. The molecule has 1 atom stereocenters. The maximum Gasteiger partial charge on any atom is 0.241 e. The quantitative estimate of drug-likeness (QED) is 0.870. The monoisotopic (exact) mass is 307 g/mol. The topological polar surface area (TPSA) is 66.4 Å². The minimum Gasteiger partial charge on any atom is -0.391 e. The van der Waals surface area contributed by atoms with E-state index in [2.05, 4.69) is 11.6 Å². The zero-order chi connectivity index (χ0) is 13.2. The standard InChI is InChI=1S/C11H17NO3S3/c1-11(3-2-4-17-11)8-12-18(14,15)10-5-9(6-13)16-7-10/h5,7,12-13H,2-4,6,8H2,1H3. The van der Waals surface area contributed by atoms with Gasteiger partial charge in [0.2, 0.25) is 10.0 Å². The molecule has 1 unspecified atom stereocenters. The van der Waals surface area contributed by atoms with Crippen molar-refractivity contribution in [1.29, 1.82) is 0 Å². The Morgan fingerprint density at radius 1 is 1.56 bits per heavy atom. The van der Waals surface area contributed by atoms with E-state index in [4.69, 9.17) is 5.11 Å². The summed E-state index contributed by atoms with van der Waals surface area (Å²) in [6, 6.07) is 1.52. The molecule has 0 aliphatic carbocycles. The largest absolute Gasteiger partial charge is 0.391 e. The average molecular weight is 307 g/mol. The highest BCUT2D eigenvalue weighted by atomic mass is 32.2. The molecule has 1 aliphatic rings. The predicted molar refractivity (Wildman–Crippen MR) is 75.5 cm³/mol. The number of sulfonamides is 1. The molecule has 0 spiro atoms. The van der Waals surface area contributed by atoms with E-state index in [1.165, 1.54) is 17.4 Å². The molecule has 1 fully saturated rings. The summed E-state index contributed by atoms with van der Waals surface area (Å²) in [5, 5.41) is 10.5. The van der Waals surface area contributed by atoms with Crippen molar-refractivity contribution < 1.29 is 13.5 Å². The van der Waals surface area contributed by atoms with Gasteiger partial charge in [0, 0.05) is 21.5 Å².